The first-order chi connectivity index (χ1) is 8.76. The first-order valence-electron chi connectivity index (χ1n) is 6.40. The van der Waals surface area contributed by atoms with Crippen LogP contribution in [0.5, 0.6) is 0 Å². The minimum Gasteiger partial charge on any atom is -0.220 e. The van der Waals surface area contributed by atoms with Crippen LogP contribution in [-0.4, -0.2) is 15.0 Å². The second kappa shape index (κ2) is 6.01. The van der Waals surface area contributed by atoms with Crippen molar-refractivity contribution in [1.82, 2.24) is 15.0 Å². The maximum Gasteiger partial charge on any atom is 0.101 e. The fourth-order valence-electron chi connectivity index (χ4n) is 1.96. The van der Waals surface area contributed by atoms with Crippen molar-refractivity contribution < 1.29 is 0 Å². The zero-order chi connectivity index (χ0) is 13.0. The Bertz CT molecular complexity index is 507. The van der Waals surface area contributed by atoms with Gasteiger partial charge >= 0.3 is 0 Å². The lowest BCUT2D eigenvalue weighted by molar-refractivity contribution is 0.774. The van der Waals surface area contributed by atoms with Gasteiger partial charge in [-0.25, -0.2) is 4.68 Å². The fourth-order valence-corrected chi connectivity index (χ4v) is 2.06. The highest BCUT2D eigenvalue weighted by Crippen LogP contribution is 2.23. The van der Waals surface area contributed by atoms with E-state index in [0.717, 1.165) is 30.6 Å². The molecule has 1 heterocycles. The van der Waals surface area contributed by atoms with Crippen molar-refractivity contribution in [2.24, 2.45) is 0 Å². The van der Waals surface area contributed by atoms with Crippen molar-refractivity contribution in [3.05, 3.63) is 41.7 Å². The second-order valence-corrected chi connectivity index (χ2v) is 4.87. The number of alkyl halides is 1. The predicted octanol–water partition coefficient (Wildman–Crippen LogP) is 3.91. The third kappa shape index (κ3) is 2.72. The van der Waals surface area contributed by atoms with Gasteiger partial charge in [-0.15, -0.1) is 16.7 Å². The highest BCUT2D eigenvalue weighted by atomic mass is 35.5. The molecule has 1 unspecified atom stereocenters. The number of hydrogen-bond donors (Lipinski definition) is 0. The smallest absolute Gasteiger partial charge is 0.101 e. The lowest BCUT2D eigenvalue weighted by Crippen LogP contribution is -2.00. The van der Waals surface area contributed by atoms with Gasteiger partial charge < -0.3 is 0 Å². The molecule has 0 radical (unpaired) electrons. The Labute approximate surface area is 113 Å². The summed E-state index contributed by atoms with van der Waals surface area (Å²) < 4.78 is 1.82. The number of halogens is 1. The van der Waals surface area contributed by atoms with Crippen LogP contribution >= 0.6 is 11.6 Å². The standard InChI is InChI=1S/C14H18ClN3/c1-3-7-11-8-5-6-9-14(11)18-10-13(16-17-18)12(15)4-2/h5-6,8-10,12H,3-4,7H2,1-2H3. The zero-order valence-corrected chi connectivity index (χ0v) is 11.6. The Morgan fingerprint density at radius 3 is 2.78 bits per heavy atom. The molecule has 2 rings (SSSR count). The van der Waals surface area contributed by atoms with Crippen molar-refractivity contribution in [2.75, 3.05) is 0 Å². The van der Waals surface area contributed by atoms with Crippen LogP contribution in [-0.2, 0) is 6.42 Å². The molecule has 0 amide bonds. The van der Waals surface area contributed by atoms with Crippen molar-refractivity contribution in [1.29, 1.82) is 0 Å². The van der Waals surface area contributed by atoms with Crippen molar-refractivity contribution in [2.45, 2.75) is 38.5 Å². The molecule has 0 fully saturated rings. The summed E-state index contributed by atoms with van der Waals surface area (Å²) >= 11 is 6.18. The van der Waals surface area contributed by atoms with Gasteiger partial charge in [-0.1, -0.05) is 43.7 Å². The van der Waals surface area contributed by atoms with Gasteiger partial charge in [-0.05, 0) is 24.5 Å². The topological polar surface area (TPSA) is 30.7 Å². The molecule has 0 aliphatic carbocycles. The molecular weight excluding hydrogens is 246 g/mol. The quantitative estimate of drug-likeness (QED) is 0.766. The number of benzene rings is 1. The summed E-state index contributed by atoms with van der Waals surface area (Å²) in [5, 5.41) is 8.27. The fraction of sp³-hybridized carbons (Fsp3) is 0.429. The van der Waals surface area contributed by atoms with E-state index in [2.05, 4.69) is 35.4 Å². The number of para-hydroxylation sites is 1. The van der Waals surface area contributed by atoms with Gasteiger partial charge in [0.2, 0.25) is 0 Å². The molecule has 0 aliphatic rings. The maximum atomic E-state index is 6.18. The Kier molecular flexibility index (Phi) is 4.37. The number of aryl methyl sites for hydroxylation is 1. The van der Waals surface area contributed by atoms with E-state index >= 15 is 0 Å². The molecule has 0 aliphatic heterocycles. The van der Waals surface area contributed by atoms with E-state index in [4.69, 9.17) is 11.6 Å². The molecule has 0 saturated carbocycles. The largest absolute Gasteiger partial charge is 0.220 e. The second-order valence-electron chi connectivity index (χ2n) is 4.34. The van der Waals surface area contributed by atoms with E-state index in [9.17, 15) is 0 Å². The minimum absolute atomic E-state index is 0.0583. The summed E-state index contributed by atoms with van der Waals surface area (Å²) in [6.07, 6.45) is 4.95. The Balaban J connectivity index is 2.33. The third-order valence-corrected chi connectivity index (χ3v) is 3.48. The lowest BCUT2D eigenvalue weighted by Gasteiger charge is -2.07. The lowest BCUT2D eigenvalue weighted by atomic mass is 10.1. The molecule has 18 heavy (non-hydrogen) atoms. The summed E-state index contributed by atoms with van der Waals surface area (Å²) in [7, 11) is 0. The Morgan fingerprint density at radius 1 is 1.28 bits per heavy atom. The average Bonchev–Trinajstić information content (AvgIpc) is 2.88. The number of hydrogen-bond acceptors (Lipinski definition) is 2. The van der Waals surface area contributed by atoms with Gasteiger partial charge in [0, 0.05) is 0 Å². The Morgan fingerprint density at radius 2 is 2.06 bits per heavy atom. The summed E-state index contributed by atoms with van der Waals surface area (Å²) in [6, 6.07) is 8.29. The van der Waals surface area contributed by atoms with Crippen LogP contribution in [0.3, 0.4) is 0 Å². The van der Waals surface area contributed by atoms with E-state index in [1.807, 2.05) is 23.9 Å². The van der Waals surface area contributed by atoms with E-state index in [1.54, 1.807) is 0 Å². The molecule has 3 nitrogen and oxygen atoms in total. The minimum atomic E-state index is -0.0583. The average molecular weight is 264 g/mol. The number of nitrogens with zero attached hydrogens (tertiary/aromatic N) is 3. The molecule has 1 aromatic carbocycles. The van der Waals surface area contributed by atoms with Gasteiger partial charge in [0.05, 0.1) is 17.3 Å². The highest BCUT2D eigenvalue weighted by molar-refractivity contribution is 6.20. The molecule has 0 spiro atoms. The van der Waals surface area contributed by atoms with Gasteiger partial charge in [-0.3, -0.25) is 0 Å². The van der Waals surface area contributed by atoms with Crippen LogP contribution in [0.15, 0.2) is 30.5 Å². The molecule has 1 aromatic heterocycles. The summed E-state index contributed by atoms with van der Waals surface area (Å²) in [4.78, 5) is 0. The van der Waals surface area contributed by atoms with Gasteiger partial charge in [0.25, 0.3) is 0 Å². The van der Waals surface area contributed by atoms with Crippen LogP contribution in [0, 0.1) is 0 Å². The molecule has 0 N–H and O–H groups in total. The van der Waals surface area contributed by atoms with E-state index < -0.39 is 0 Å². The van der Waals surface area contributed by atoms with Gasteiger partial charge in [-0.2, -0.15) is 0 Å². The maximum absolute atomic E-state index is 6.18. The summed E-state index contributed by atoms with van der Waals surface area (Å²) in [5.41, 5.74) is 3.22. The van der Waals surface area contributed by atoms with Crippen LogP contribution in [0.25, 0.3) is 5.69 Å². The van der Waals surface area contributed by atoms with Gasteiger partial charge in [0.1, 0.15) is 5.69 Å². The van der Waals surface area contributed by atoms with Gasteiger partial charge in [0.15, 0.2) is 0 Å². The molecule has 0 saturated heterocycles. The molecule has 0 bridgehead atoms. The number of rotatable bonds is 5. The van der Waals surface area contributed by atoms with Crippen molar-refractivity contribution in [3.8, 4) is 5.69 Å². The van der Waals surface area contributed by atoms with Crippen LogP contribution in [0.1, 0.15) is 43.3 Å². The monoisotopic (exact) mass is 263 g/mol. The van der Waals surface area contributed by atoms with Crippen molar-refractivity contribution >= 4 is 11.6 Å². The molecule has 4 heteroatoms. The molecular formula is C14H18ClN3. The molecule has 96 valence electrons. The molecule has 1 atom stereocenters. The highest BCUT2D eigenvalue weighted by Gasteiger charge is 2.12. The van der Waals surface area contributed by atoms with E-state index in [-0.39, 0.29) is 5.38 Å². The van der Waals surface area contributed by atoms with Crippen LogP contribution in [0.2, 0.25) is 0 Å². The summed E-state index contributed by atoms with van der Waals surface area (Å²) in [5.74, 6) is 0. The van der Waals surface area contributed by atoms with E-state index in [1.165, 1.54) is 5.56 Å². The SMILES string of the molecule is CCCc1ccccc1-n1cc(C(Cl)CC)nn1. The predicted molar refractivity (Wildman–Crippen MR) is 74.2 cm³/mol. The van der Waals surface area contributed by atoms with Crippen molar-refractivity contribution in [3.63, 3.8) is 0 Å². The first kappa shape index (κ1) is 13.1. The Hall–Kier alpha value is -1.35. The molecule has 2 aromatic rings. The summed E-state index contributed by atoms with van der Waals surface area (Å²) in [6.45, 7) is 4.22. The zero-order valence-electron chi connectivity index (χ0n) is 10.8. The van der Waals surface area contributed by atoms with Crippen LogP contribution < -0.4 is 0 Å². The van der Waals surface area contributed by atoms with E-state index in [0.29, 0.717) is 0 Å². The normalized spacial score (nSPS) is 12.6. The van der Waals surface area contributed by atoms with Crippen LogP contribution in [0.4, 0.5) is 0 Å². The third-order valence-electron chi connectivity index (χ3n) is 2.95. The first-order valence-corrected chi connectivity index (χ1v) is 6.84. The number of aromatic nitrogens is 3.